The van der Waals surface area contributed by atoms with Gasteiger partial charge in [0.15, 0.2) is 5.65 Å². The lowest BCUT2D eigenvalue weighted by molar-refractivity contribution is 0.249. The molecule has 1 N–H and O–H groups in total. The Morgan fingerprint density at radius 1 is 0.871 bits per heavy atom. The minimum Gasteiger partial charge on any atom is -0.369 e. The minimum absolute atomic E-state index is 0.723. The summed E-state index contributed by atoms with van der Waals surface area (Å²) in [5.41, 5.74) is 4.81. The van der Waals surface area contributed by atoms with Gasteiger partial charge in [0.1, 0.15) is 12.1 Å². The zero-order valence-electron chi connectivity index (χ0n) is 17.8. The lowest BCUT2D eigenvalue weighted by Gasteiger charge is -2.36. The summed E-state index contributed by atoms with van der Waals surface area (Å²) < 4.78 is 1.77. The van der Waals surface area contributed by atoms with Crippen LogP contribution in [0.1, 0.15) is 11.1 Å². The normalized spacial score (nSPS) is 14.8. The molecule has 4 aromatic rings. The van der Waals surface area contributed by atoms with Gasteiger partial charge in [-0.1, -0.05) is 42.5 Å². The van der Waals surface area contributed by atoms with Gasteiger partial charge in [-0.25, -0.2) is 9.97 Å². The molecule has 2 aromatic carbocycles. The van der Waals surface area contributed by atoms with E-state index < -0.39 is 0 Å². The van der Waals surface area contributed by atoms with Crippen LogP contribution in [0.4, 0.5) is 11.5 Å². The Balaban J connectivity index is 1.24. The van der Waals surface area contributed by atoms with Gasteiger partial charge in [0.2, 0.25) is 0 Å². The molecule has 1 aliphatic heterocycles. The van der Waals surface area contributed by atoms with Crippen molar-refractivity contribution in [3.63, 3.8) is 0 Å². The van der Waals surface area contributed by atoms with Crippen molar-refractivity contribution in [3.8, 4) is 0 Å². The number of hydrogen-bond acceptors (Lipinski definition) is 6. The number of hydrogen-bond donors (Lipinski definition) is 1. The van der Waals surface area contributed by atoms with E-state index in [0.717, 1.165) is 56.1 Å². The van der Waals surface area contributed by atoms with Crippen molar-refractivity contribution >= 4 is 22.5 Å². The average molecular weight is 414 g/mol. The van der Waals surface area contributed by atoms with Gasteiger partial charge in [-0.2, -0.15) is 5.10 Å². The standard InChI is InChI=1S/C24H27N7/c1-29-24-22(16-28-29)23(26-18-27-24)25-15-19-7-5-6-8-20(19)17-30-11-13-31(14-12-30)21-9-3-2-4-10-21/h2-10,16,18H,11-15,17H2,1H3,(H,25,26,27). The first-order valence-electron chi connectivity index (χ1n) is 10.7. The van der Waals surface area contributed by atoms with Gasteiger partial charge in [0.25, 0.3) is 0 Å². The maximum Gasteiger partial charge on any atom is 0.163 e. The monoisotopic (exact) mass is 413 g/mol. The van der Waals surface area contributed by atoms with E-state index in [9.17, 15) is 0 Å². The van der Waals surface area contributed by atoms with Crippen molar-refractivity contribution < 1.29 is 0 Å². The van der Waals surface area contributed by atoms with E-state index in [2.05, 4.69) is 84.8 Å². The van der Waals surface area contributed by atoms with E-state index in [0.29, 0.717) is 0 Å². The van der Waals surface area contributed by atoms with Crippen LogP contribution in [-0.4, -0.2) is 50.8 Å². The number of anilines is 2. The van der Waals surface area contributed by atoms with Crippen LogP contribution in [0, 0.1) is 0 Å². The minimum atomic E-state index is 0.723. The summed E-state index contributed by atoms with van der Waals surface area (Å²) in [6, 6.07) is 19.4. The number of fused-ring (bicyclic) bond motifs is 1. The van der Waals surface area contributed by atoms with Crippen molar-refractivity contribution in [2.75, 3.05) is 36.4 Å². The molecule has 0 aliphatic carbocycles. The number of para-hydroxylation sites is 1. The molecule has 0 spiro atoms. The Labute approximate surface area is 182 Å². The fraction of sp³-hybridized carbons (Fsp3) is 0.292. The number of aromatic nitrogens is 4. The molecule has 0 atom stereocenters. The van der Waals surface area contributed by atoms with E-state index in [1.165, 1.54) is 16.8 Å². The second-order valence-electron chi connectivity index (χ2n) is 7.95. The van der Waals surface area contributed by atoms with Crippen LogP contribution in [0.2, 0.25) is 0 Å². The highest BCUT2D eigenvalue weighted by Crippen LogP contribution is 2.21. The smallest absolute Gasteiger partial charge is 0.163 e. The predicted molar refractivity (Wildman–Crippen MR) is 124 cm³/mol. The average Bonchev–Trinajstić information content (AvgIpc) is 3.21. The largest absolute Gasteiger partial charge is 0.369 e. The molecule has 0 saturated carbocycles. The first kappa shape index (κ1) is 19.5. The first-order valence-corrected chi connectivity index (χ1v) is 10.7. The van der Waals surface area contributed by atoms with E-state index in [4.69, 9.17) is 0 Å². The van der Waals surface area contributed by atoms with Crippen LogP contribution >= 0.6 is 0 Å². The molecule has 0 radical (unpaired) electrons. The van der Waals surface area contributed by atoms with Crippen LogP contribution in [-0.2, 0) is 20.1 Å². The fourth-order valence-corrected chi connectivity index (χ4v) is 4.21. The summed E-state index contributed by atoms with van der Waals surface area (Å²) in [4.78, 5) is 13.8. The topological polar surface area (TPSA) is 62.1 Å². The summed E-state index contributed by atoms with van der Waals surface area (Å²) >= 11 is 0. The maximum absolute atomic E-state index is 4.43. The molecule has 2 aromatic heterocycles. The van der Waals surface area contributed by atoms with Gasteiger partial charge in [-0.05, 0) is 23.3 Å². The zero-order valence-corrected chi connectivity index (χ0v) is 17.8. The Hall–Kier alpha value is -3.45. The van der Waals surface area contributed by atoms with Gasteiger partial charge in [-0.15, -0.1) is 0 Å². The SMILES string of the molecule is Cn1ncc2c(NCc3ccccc3CN3CCN(c4ccccc4)CC3)ncnc21. The zero-order chi connectivity index (χ0) is 21.0. The molecular weight excluding hydrogens is 386 g/mol. The molecule has 5 rings (SSSR count). The van der Waals surface area contributed by atoms with Gasteiger partial charge >= 0.3 is 0 Å². The molecule has 158 valence electrons. The molecule has 7 heteroatoms. The van der Waals surface area contributed by atoms with Gasteiger partial charge in [0.05, 0.1) is 11.6 Å². The number of aryl methyl sites for hydroxylation is 1. The number of nitrogens with zero attached hydrogens (tertiary/aromatic N) is 6. The maximum atomic E-state index is 4.43. The third-order valence-corrected chi connectivity index (χ3v) is 5.98. The quantitative estimate of drug-likeness (QED) is 0.523. The molecule has 0 bridgehead atoms. The molecule has 0 amide bonds. The van der Waals surface area contributed by atoms with E-state index in [1.807, 2.05) is 13.2 Å². The van der Waals surface area contributed by atoms with E-state index >= 15 is 0 Å². The van der Waals surface area contributed by atoms with Crippen molar-refractivity contribution in [1.29, 1.82) is 0 Å². The highest BCUT2D eigenvalue weighted by atomic mass is 15.3. The number of rotatable bonds is 6. The number of nitrogens with one attached hydrogen (secondary N) is 1. The number of piperazine rings is 1. The molecular formula is C24H27N7. The van der Waals surface area contributed by atoms with Gasteiger partial charge in [-0.3, -0.25) is 9.58 Å². The Bertz CT molecular complexity index is 1150. The first-order chi connectivity index (χ1) is 15.3. The molecule has 1 saturated heterocycles. The van der Waals surface area contributed by atoms with E-state index in [-0.39, 0.29) is 0 Å². The highest BCUT2D eigenvalue weighted by molar-refractivity contribution is 5.85. The van der Waals surface area contributed by atoms with Crippen molar-refractivity contribution in [3.05, 3.63) is 78.2 Å². The molecule has 0 unspecified atom stereocenters. The van der Waals surface area contributed by atoms with Crippen LogP contribution < -0.4 is 10.2 Å². The van der Waals surface area contributed by atoms with Crippen LogP contribution in [0.15, 0.2) is 67.1 Å². The summed E-state index contributed by atoms with van der Waals surface area (Å²) in [5, 5.41) is 8.73. The third kappa shape index (κ3) is 4.22. The third-order valence-electron chi connectivity index (χ3n) is 5.98. The highest BCUT2D eigenvalue weighted by Gasteiger charge is 2.18. The van der Waals surface area contributed by atoms with Crippen molar-refractivity contribution in [2.45, 2.75) is 13.1 Å². The fourth-order valence-electron chi connectivity index (χ4n) is 4.21. The molecule has 7 nitrogen and oxygen atoms in total. The molecule has 3 heterocycles. The molecule has 31 heavy (non-hydrogen) atoms. The molecule has 1 aliphatic rings. The Morgan fingerprint density at radius 3 is 2.42 bits per heavy atom. The molecule has 1 fully saturated rings. The summed E-state index contributed by atoms with van der Waals surface area (Å²) in [6.07, 6.45) is 3.40. The van der Waals surface area contributed by atoms with Crippen molar-refractivity contribution in [2.24, 2.45) is 7.05 Å². The van der Waals surface area contributed by atoms with E-state index in [1.54, 1.807) is 11.0 Å². The van der Waals surface area contributed by atoms with Crippen LogP contribution in [0.5, 0.6) is 0 Å². The lowest BCUT2D eigenvalue weighted by atomic mass is 10.1. The summed E-state index contributed by atoms with van der Waals surface area (Å²) in [6.45, 7) is 5.94. The second-order valence-corrected chi connectivity index (χ2v) is 7.95. The predicted octanol–water partition coefficient (Wildman–Crippen LogP) is 3.30. The van der Waals surface area contributed by atoms with Crippen LogP contribution in [0.25, 0.3) is 11.0 Å². The van der Waals surface area contributed by atoms with Gasteiger partial charge in [0, 0.05) is 52.0 Å². The summed E-state index contributed by atoms with van der Waals surface area (Å²) in [7, 11) is 1.89. The summed E-state index contributed by atoms with van der Waals surface area (Å²) in [5.74, 6) is 0.823. The van der Waals surface area contributed by atoms with Crippen LogP contribution in [0.3, 0.4) is 0 Å². The lowest BCUT2D eigenvalue weighted by Crippen LogP contribution is -2.46. The number of benzene rings is 2. The van der Waals surface area contributed by atoms with Gasteiger partial charge < -0.3 is 10.2 Å². The Morgan fingerprint density at radius 2 is 1.61 bits per heavy atom. The van der Waals surface area contributed by atoms with Crippen molar-refractivity contribution in [1.82, 2.24) is 24.6 Å². The Kier molecular flexibility index (Phi) is 5.50. The second kappa shape index (κ2) is 8.73.